The van der Waals surface area contributed by atoms with Gasteiger partial charge in [-0.25, -0.2) is 9.97 Å². The standard InChI is InChI=1S/C11H8BrN3S/c1-6-7(2)14-11(15-9(6)4-13)10-3-8(12)5-16-10/h3,5H,1-2H3. The summed E-state index contributed by atoms with van der Waals surface area (Å²) >= 11 is 4.94. The molecule has 0 unspecified atom stereocenters. The molecule has 0 amide bonds. The number of nitrogens with zero attached hydrogens (tertiary/aromatic N) is 3. The highest BCUT2D eigenvalue weighted by Crippen LogP contribution is 2.28. The van der Waals surface area contributed by atoms with E-state index in [-0.39, 0.29) is 0 Å². The van der Waals surface area contributed by atoms with Gasteiger partial charge in [0.1, 0.15) is 11.8 Å². The summed E-state index contributed by atoms with van der Waals surface area (Å²) in [7, 11) is 0. The molecule has 2 heterocycles. The van der Waals surface area contributed by atoms with Crippen molar-refractivity contribution in [2.75, 3.05) is 0 Å². The minimum absolute atomic E-state index is 0.451. The number of nitriles is 1. The van der Waals surface area contributed by atoms with Crippen LogP contribution in [-0.4, -0.2) is 9.97 Å². The van der Waals surface area contributed by atoms with Gasteiger partial charge in [-0.15, -0.1) is 11.3 Å². The Morgan fingerprint density at radius 2 is 2.12 bits per heavy atom. The molecule has 0 saturated heterocycles. The second-order valence-electron chi connectivity index (χ2n) is 3.35. The third kappa shape index (κ3) is 1.99. The van der Waals surface area contributed by atoms with Crippen molar-refractivity contribution in [3.63, 3.8) is 0 Å². The van der Waals surface area contributed by atoms with Gasteiger partial charge in [0.15, 0.2) is 5.82 Å². The van der Waals surface area contributed by atoms with Crippen molar-refractivity contribution in [2.24, 2.45) is 0 Å². The van der Waals surface area contributed by atoms with Gasteiger partial charge in [-0.2, -0.15) is 5.26 Å². The van der Waals surface area contributed by atoms with E-state index in [1.54, 1.807) is 11.3 Å². The van der Waals surface area contributed by atoms with E-state index >= 15 is 0 Å². The number of aryl methyl sites for hydroxylation is 1. The summed E-state index contributed by atoms with van der Waals surface area (Å²) in [6.45, 7) is 3.76. The van der Waals surface area contributed by atoms with Crippen LogP contribution >= 0.6 is 27.3 Å². The Labute approximate surface area is 106 Å². The minimum Gasteiger partial charge on any atom is -0.232 e. The first-order valence-corrected chi connectivity index (χ1v) is 6.29. The molecule has 2 aromatic rings. The van der Waals surface area contributed by atoms with Crippen LogP contribution in [0.1, 0.15) is 17.0 Å². The molecule has 0 aliphatic carbocycles. The van der Waals surface area contributed by atoms with Crippen LogP contribution in [0.25, 0.3) is 10.7 Å². The Morgan fingerprint density at radius 3 is 2.69 bits per heavy atom. The Hall–Kier alpha value is -1.25. The molecule has 0 aliphatic heterocycles. The zero-order valence-electron chi connectivity index (χ0n) is 8.78. The van der Waals surface area contributed by atoms with Gasteiger partial charge < -0.3 is 0 Å². The number of hydrogen-bond acceptors (Lipinski definition) is 4. The highest BCUT2D eigenvalue weighted by molar-refractivity contribution is 9.10. The molecule has 80 valence electrons. The van der Waals surface area contributed by atoms with Crippen molar-refractivity contribution in [1.82, 2.24) is 9.97 Å². The summed E-state index contributed by atoms with van der Waals surface area (Å²) in [5.74, 6) is 0.621. The highest BCUT2D eigenvalue weighted by atomic mass is 79.9. The number of thiophene rings is 1. The predicted molar refractivity (Wildman–Crippen MR) is 67.2 cm³/mol. The molecule has 2 rings (SSSR count). The van der Waals surface area contributed by atoms with E-state index in [4.69, 9.17) is 5.26 Å². The number of rotatable bonds is 1. The lowest BCUT2D eigenvalue weighted by Crippen LogP contribution is -1.98. The molecule has 0 aliphatic rings. The highest BCUT2D eigenvalue weighted by Gasteiger charge is 2.10. The minimum atomic E-state index is 0.451. The fourth-order valence-corrected chi connectivity index (χ4v) is 2.64. The molecule has 2 aromatic heterocycles. The summed E-state index contributed by atoms with van der Waals surface area (Å²) in [5.41, 5.74) is 2.15. The molecule has 0 spiro atoms. The van der Waals surface area contributed by atoms with Crippen LogP contribution in [0, 0.1) is 25.2 Å². The number of aromatic nitrogens is 2. The van der Waals surface area contributed by atoms with E-state index in [0.29, 0.717) is 11.5 Å². The van der Waals surface area contributed by atoms with Gasteiger partial charge in [-0.1, -0.05) is 0 Å². The zero-order valence-corrected chi connectivity index (χ0v) is 11.2. The average Bonchev–Trinajstić information content (AvgIpc) is 2.69. The fourth-order valence-electron chi connectivity index (χ4n) is 1.28. The van der Waals surface area contributed by atoms with Gasteiger partial charge >= 0.3 is 0 Å². The van der Waals surface area contributed by atoms with Crippen LogP contribution in [0.5, 0.6) is 0 Å². The third-order valence-corrected chi connectivity index (χ3v) is 3.97. The Morgan fingerprint density at radius 1 is 1.38 bits per heavy atom. The summed E-state index contributed by atoms with van der Waals surface area (Å²) in [4.78, 5) is 9.61. The quantitative estimate of drug-likeness (QED) is 0.809. The lowest BCUT2D eigenvalue weighted by Gasteiger charge is -2.03. The molecule has 0 atom stereocenters. The van der Waals surface area contributed by atoms with Crippen molar-refractivity contribution in [3.05, 3.63) is 32.9 Å². The van der Waals surface area contributed by atoms with E-state index in [1.807, 2.05) is 25.3 Å². The first-order chi connectivity index (χ1) is 7.61. The third-order valence-electron chi connectivity index (χ3n) is 2.28. The van der Waals surface area contributed by atoms with Crippen LogP contribution in [0.2, 0.25) is 0 Å². The molecule has 0 N–H and O–H groups in total. The number of hydrogen-bond donors (Lipinski definition) is 0. The number of halogens is 1. The normalized spacial score (nSPS) is 10.1. The SMILES string of the molecule is Cc1nc(-c2cc(Br)cs2)nc(C#N)c1C. The summed E-state index contributed by atoms with van der Waals surface area (Å²) in [6.07, 6.45) is 0. The molecule has 0 saturated carbocycles. The molecule has 16 heavy (non-hydrogen) atoms. The fraction of sp³-hybridized carbons (Fsp3) is 0.182. The van der Waals surface area contributed by atoms with Gasteiger partial charge in [0.05, 0.1) is 4.88 Å². The largest absolute Gasteiger partial charge is 0.232 e. The lowest BCUT2D eigenvalue weighted by molar-refractivity contribution is 1.05. The van der Waals surface area contributed by atoms with Crippen LogP contribution in [-0.2, 0) is 0 Å². The van der Waals surface area contributed by atoms with Crippen LogP contribution in [0.3, 0.4) is 0 Å². The van der Waals surface area contributed by atoms with Crippen LogP contribution < -0.4 is 0 Å². The van der Waals surface area contributed by atoms with Crippen LogP contribution in [0.15, 0.2) is 15.9 Å². The predicted octanol–water partition coefficient (Wildman–Crippen LogP) is 3.46. The molecule has 0 fully saturated rings. The first kappa shape index (κ1) is 11.2. The summed E-state index contributed by atoms with van der Waals surface area (Å²) in [5, 5.41) is 10.9. The van der Waals surface area contributed by atoms with Gasteiger partial charge in [0, 0.05) is 21.1 Å². The second-order valence-corrected chi connectivity index (χ2v) is 5.17. The van der Waals surface area contributed by atoms with Gasteiger partial charge in [-0.3, -0.25) is 0 Å². The topological polar surface area (TPSA) is 49.6 Å². The zero-order chi connectivity index (χ0) is 11.7. The van der Waals surface area contributed by atoms with Crippen molar-refractivity contribution >= 4 is 27.3 Å². The molecule has 0 bridgehead atoms. The summed E-state index contributed by atoms with van der Waals surface area (Å²) in [6, 6.07) is 4.05. The van der Waals surface area contributed by atoms with Gasteiger partial charge in [0.25, 0.3) is 0 Å². The van der Waals surface area contributed by atoms with E-state index in [2.05, 4.69) is 32.0 Å². The smallest absolute Gasteiger partial charge is 0.171 e. The summed E-state index contributed by atoms with van der Waals surface area (Å²) < 4.78 is 1.01. The van der Waals surface area contributed by atoms with Gasteiger partial charge in [0.2, 0.25) is 0 Å². The Bertz CT molecular complexity index is 583. The van der Waals surface area contributed by atoms with Crippen molar-refractivity contribution < 1.29 is 0 Å². The van der Waals surface area contributed by atoms with Crippen molar-refractivity contribution in [3.8, 4) is 16.8 Å². The molecule has 5 heteroatoms. The average molecular weight is 294 g/mol. The Balaban J connectivity index is 2.60. The van der Waals surface area contributed by atoms with E-state index in [0.717, 1.165) is 20.6 Å². The maximum atomic E-state index is 8.97. The van der Waals surface area contributed by atoms with Crippen molar-refractivity contribution in [1.29, 1.82) is 5.26 Å². The van der Waals surface area contributed by atoms with E-state index in [9.17, 15) is 0 Å². The van der Waals surface area contributed by atoms with Crippen molar-refractivity contribution in [2.45, 2.75) is 13.8 Å². The Kier molecular flexibility index (Phi) is 3.03. The van der Waals surface area contributed by atoms with Gasteiger partial charge in [-0.05, 0) is 35.8 Å². The lowest BCUT2D eigenvalue weighted by atomic mass is 10.2. The van der Waals surface area contributed by atoms with Crippen LogP contribution in [0.4, 0.5) is 0 Å². The maximum Gasteiger partial charge on any atom is 0.171 e. The first-order valence-electron chi connectivity index (χ1n) is 4.61. The second kappa shape index (κ2) is 4.32. The monoisotopic (exact) mass is 293 g/mol. The van der Waals surface area contributed by atoms with E-state index in [1.165, 1.54) is 0 Å². The molecule has 3 nitrogen and oxygen atoms in total. The van der Waals surface area contributed by atoms with E-state index < -0.39 is 0 Å². The molecule has 0 radical (unpaired) electrons. The maximum absolute atomic E-state index is 8.97. The molecular formula is C11H8BrN3S. The molecule has 0 aromatic carbocycles. The molecular weight excluding hydrogens is 286 g/mol.